The fourth-order valence-corrected chi connectivity index (χ4v) is 1.84. The first-order chi connectivity index (χ1) is 10.8. The Labute approximate surface area is 128 Å². The Morgan fingerprint density at radius 2 is 1.74 bits per heavy atom. The summed E-state index contributed by atoms with van der Waals surface area (Å²) in [6.45, 7) is -0.864. The number of ether oxygens (including phenoxy) is 2. The molecule has 0 aromatic heterocycles. The van der Waals surface area contributed by atoms with Gasteiger partial charge in [-0.15, -0.1) is 0 Å². The van der Waals surface area contributed by atoms with Crippen molar-refractivity contribution in [3.05, 3.63) is 29.2 Å². The Kier molecular flexibility index (Phi) is 4.18. The molecule has 0 bridgehead atoms. The summed E-state index contributed by atoms with van der Waals surface area (Å²) in [5.41, 5.74) is -0.381. The summed E-state index contributed by atoms with van der Waals surface area (Å²) in [7, 11) is 0. The van der Waals surface area contributed by atoms with E-state index in [1.807, 2.05) is 0 Å². The van der Waals surface area contributed by atoms with Gasteiger partial charge in [0, 0.05) is 0 Å². The van der Waals surface area contributed by atoms with Gasteiger partial charge in [-0.1, -0.05) is 0 Å². The van der Waals surface area contributed by atoms with E-state index in [0.717, 1.165) is 12.1 Å². The number of hydrogen-bond donors (Lipinski definition) is 6. The van der Waals surface area contributed by atoms with Gasteiger partial charge in [-0.2, -0.15) is 0 Å². The summed E-state index contributed by atoms with van der Waals surface area (Å²) in [6, 6.07) is 1.58. The van der Waals surface area contributed by atoms with Crippen LogP contribution in [0.1, 0.15) is 10.4 Å². The van der Waals surface area contributed by atoms with Gasteiger partial charge in [0.25, 0.3) is 0 Å². The van der Waals surface area contributed by atoms with Crippen molar-refractivity contribution in [1.29, 1.82) is 0 Å². The summed E-state index contributed by atoms with van der Waals surface area (Å²) in [5, 5.41) is 55.7. The monoisotopic (exact) mass is 328 g/mol. The highest BCUT2D eigenvalue weighted by atomic mass is 16.6. The highest BCUT2D eigenvalue weighted by Crippen LogP contribution is 2.35. The summed E-state index contributed by atoms with van der Waals surface area (Å²) in [6.07, 6.45) is -3.15. The molecule has 0 fully saturated rings. The number of phenols is 3. The first-order valence-electron chi connectivity index (χ1n) is 6.16. The smallest absolute Gasteiger partial charge is 0.378 e. The van der Waals surface area contributed by atoms with Gasteiger partial charge in [-0.25, -0.2) is 9.59 Å². The molecule has 10 nitrogen and oxygen atoms in total. The van der Waals surface area contributed by atoms with Crippen molar-refractivity contribution in [2.45, 2.75) is 12.2 Å². The van der Waals surface area contributed by atoms with Crippen molar-refractivity contribution >= 4 is 11.9 Å². The number of phenolic OH excluding ortho intramolecular Hbond substituents is 3. The van der Waals surface area contributed by atoms with Crippen molar-refractivity contribution in [3.8, 4) is 17.2 Å². The van der Waals surface area contributed by atoms with E-state index in [4.69, 9.17) is 4.74 Å². The standard InChI is InChI=1S/C13H12O10/c14-3-7(11-9(18)10(19)13(21)23-11)22-12(20)4-1-5(15)8(17)6(16)2-4/h1-2,7,11,14-19H,3H2. The fraction of sp³-hybridized carbons (Fsp3) is 0.231. The van der Waals surface area contributed by atoms with Gasteiger partial charge in [0.2, 0.25) is 11.9 Å². The van der Waals surface area contributed by atoms with Crippen molar-refractivity contribution in [2.75, 3.05) is 6.61 Å². The molecular weight excluding hydrogens is 316 g/mol. The van der Waals surface area contributed by atoms with Crippen LogP contribution in [-0.2, 0) is 14.3 Å². The van der Waals surface area contributed by atoms with Gasteiger partial charge >= 0.3 is 11.9 Å². The van der Waals surface area contributed by atoms with Gasteiger partial charge in [-0.3, -0.25) is 0 Å². The molecule has 2 unspecified atom stereocenters. The lowest BCUT2D eigenvalue weighted by atomic mass is 10.1. The first-order valence-corrected chi connectivity index (χ1v) is 6.16. The molecule has 2 rings (SSSR count). The SMILES string of the molecule is O=C1OC(C(CO)OC(=O)c2cc(O)c(O)c(O)c2)C(O)=C1O. The predicted molar refractivity (Wildman–Crippen MR) is 69.9 cm³/mol. The summed E-state index contributed by atoms with van der Waals surface area (Å²) in [5.74, 6) is -6.79. The predicted octanol–water partition coefficient (Wildman–Crippen LogP) is -0.426. The lowest BCUT2D eigenvalue weighted by Gasteiger charge is -2.20. The number of esters is 2. The normalized spacial score (nSPS) is 18.7. The highest BCUT2D eigenvalue weighted by molar-refractivity contribution is 5.91. The molecule has 0 saturated heterocycles. The quantitative estimate of drug-likeness (QED) is 0.314. The molecule has 6 N–H and O–H groups in total. The van der Waals surface area contributed by atoms with E-state index in [0.29, 0.717) is 0 Å². The number of aliphatic hydroxyl groups excluding tert-OH is 3. The minimum absolute atomic E-state index is 0.381. The average molecular weight is 328 g/mol. The number of benzene rings is 1. The second-order valence-corrected chi connectivity index (χ2v) is 4.55. The Morgan fingerprint density at radius 1 is 1.17 bits per heavy atom. The Hall–Kier alpha value is -3.14. The van der Waals surface area contributed by atoms with E-state index in [1.165, 1.54) is 0 Å². The van der Waals surface area contributed by atoms with Crippen LogP contribution in [0.5, 0.6) is 17.2 Å². The average Bonchev–Trinajstić information content (AvgIpc) is 2.77. The number of aliphatic hydroxyl groups is 3. The number of hydrogen-bond acceptors (Lipinski definition) is 10. The van der Waals surface area contributed by atoms with E-state index in [1.54, 1.807) is 0 Å². The molecule has 1 aromatic carbocycles. The number of rotatable bonds is 4. The molecule has 124 valence electrons. The highest BCUT2D eigenvalue weighted by Gasteiger charge is 2.41. The Morgan fingerprint density at radius 3 is 2.17 bits per heavy atom. The number of aromatic hydroxyl groups is 3. The van der Waals surface area contributed by atoms with Crippen LogP contribution in [0.2, 0.25) is 0 Å². The molecule has 0 amide bonds. The van der Waals surface area contributed by atoms with Crippen LogP contribution < -0.4 is 0 Å². The summed E-state index contributed by atoms with van der Waals surface area (Å²) in [4.78, 5) is 23.0. The molecule has 23 heavy (non-hydrogen) atoms. The number of carbonyl (C=O) groups is 2. The molecule has 1 heterocycles. The molecule has 10 heteroatoms. The molecular formula is C13H12O10. The maximum Gasteiger partial charge on any atom is 0.378 e. The van der Waals surface area contributed by atoms with E-state index in [-0.39, 0.29) is 5.56 Å². The van der Waals surface area contributed by atoms with Crippen LogP contribution in [0, 0.1) is 0 Å². The van der Waals surface area contributed by atoms with Crippen molar-refractivity contribution in [2.24, 2.45) is 0 Å². The fourth-order valence-electron chi connectivity index (χ4n) is 1.84. The number of carbonyl (C=O) groups excluding carboxylic acids is 2. The topological polar surface area (TPSA) is 174 Å². The molecule has 0 aliphatic carbocycles. The van der Waals surface area contributed by atoms with E-state index >= 15 is 0 Å². The third-order valence-corrected chi connectivity index (χ3v) is 3.02. The zero-order valence-corrected chi connectivity index (χ0v) is 11.3. The van der Waals surface area contributed by atoms with E-state index in [9.17, 15) is 40.2 Å². The van der Waals surface area contributed by atoms with Gasteiger partial charge in [0.05, 0.1) is 12.2 Å². The third kappa shape index (κ3) is 2.92. The van der Waals surface area contributed by atoms with Crippen molar-refractivity contribution in [1.82, 2.24) is 0 Å². The second-order valence-electron chi connectivity index (χ2n) is 4.55. The number of cyclic esters (lactones) is 1. The van der Waals surface area contributed by atoms with Gasteiger partial charge < -0.3 is 40.1 Å². The zero-order valence-electron chi connectivity index (χ0n) is 11.3. The maximum atomic E-state index is 11.9. The molecule has 1 aromatic rings. The van der Waals surface area contributed by atoms with Gasteiger partial charge in [0.1, 0.15) is 0 Å². The molecule has 0 radical (unpaired) electrons. The first kappa shape index (κ1) is 16.2. The van der Waals surface area contributed by atoms with Crippen LogP contribution in [0.15, 0.2) is 23.7 Å². The molecule has 2 atom stereocenters. The van der Waals surface area contributed by atoms with Crippen molar-refractivity contribution in [3.63, 3.8) is 0 Å². The van der Waals surface area contributed by atoms with Crippen LogP contribution in [0.3, 0.4) is 0 Å². The van der Waals surface area contributed by atoms with E-state index < -0.39 is 59.5 Å². The largest absolute Gasteiger partial charge is 0.505 e. The van der Waals surface area contributed by atoms with Crippen molar-refractivity contribution < 1.29 is 49.7 Å². The molecule has 0 spiro atoms. The lowest BCUT2D eigenvalue weighted by molar-refractivity contribution is -0.148. The van der Waals surface area contributed by atoms with Crippen LogP contribution >= 0.6 is 0 Å². The third-order valence-electron chi connectivity index (χ3n) is 3.02. The Bertz CT molecular complexity index is 669. The summed E-state index contributed by atoms with van der Waals surface area (Å²) >= 11 is 0. The van der Waals surface area contributed by atoms with Crippen LogP contribution in [0.25, 0.3) is 0 Å². The Balaban J connectivity index is 2.20. The summed E-state index contributed by atoms with van der Waals surface area (Å²) < 4.78 is 9.36. The van der Waals surface area contributed by atoms with Crippen LogP contribution in [0.4, 0.5) is 0 Å². The maximum absolute atomic E-state index is 11.9. The van der Waals surface area contributed by atoms with E-state index in [2.05, 4.69) is 4.74 Å². The minimum atomic E-state index is -1.60. The zero-order chi connectivity index (χ0) is 17.3. The minimum Gasteiger partial charge on any atom is -0.505 e. The van der Waals surface area contributed by atoms with Gasteiger partial charge in [-0.05, 0) is 12.1 Å². The second kappa shape index (κ2) is 5.93. The molecule has 1 aliphatic rings. The molecule has 0 saturated carbocycles. The lowest BCUT2D eigenvalue weighted by Crippen LogP contribution is -2.36. The van der Waals surface area contributed by atoms with Crippen LogP contribution in [-0.4, -0.2) is 61.4 Å². The van der Waals surface area contributed by atoms with Gasteiger partial charge in [0.15, 0.2) is 29.1 Å². The molecule has 1 aliphatic heterocycles.